The van der Waals surface area contributed by atoms with Gasteiger partial charge in [0, 0.05) is 10.1 Å². The van der Waals surface area contributed by atoms with Crippen LogP contribution in [0.1, 0.15) is 5.56 Å². The van der Waals surface area contributed by atoms with Gasteiger partial charge in [-0.3, -0.25) is 4.31 Å². The minimum atomic E-state index is -5.28. The quantitative estimate of drug-likeness (QED) is 0.706. The van der Waals surface area contributed by atoms with Crippen molar-refractivity contribution in [3.8, 4) is 0 Å². The minimum Gasteiger partial charge on any atom is -0.262 e. The molecule has 0 aliphatic carbocycles. The van der Waals surface area contributed by atoms with Gasteiger partial charge in [0.15, 0.2) is 0 Å². The molecule has 0 amide bonds. The van der Waals surface area contributed by atoms with Gasteiger partial charge in [0.1, 0.15) is 0 Å². The zero-order chi connectivity index (χ0) is 12.8. The fraction of sp³-hybridized carbons (Fsp3) is 0.333. The van der Waals surface area contributed by atoms with Crippen molar-refractivity contribution < 1.29 is 21.6 Å². The summed E-state index contributed by atoms with van der Waals surface area (Å²) in [5.74, 6) is 0. The zero-order valence-electron chi connectivity index (χ0n) is 8.33. The second-order valence-electron chi connectivity index (χ2n) is 3.51. The normalized spacial score (nSPS) is 16.1. The highest BCUT2D eigenvalue weighted by Crippen LogP contribution is 2.38. The lowest BCUT2D eigenvalue weighted by Gasteiger charge is -2.20. The average Bonchev–Trinajstić information content (AvgIpc) is 2.61. The Balaban J connectivity index is 2.52. The Morgan fingerprint density at radius 2 is 1.94 bits per heavy atom. The van der Waals surface area contributed by atoms with Crippen molar-refractivity contribution in [3.05, 3.63) is 27.3 Å². The standard InChI is InChI=1S/C9H7F3INO2S/c10-9(11,12)17(15,16)14-5-4-6-7(13)2-1-3-8(6)14/h1-3H,4-5H2. The van der Waals surface area contributed by atoms with E-state index in [-0.39, 0.29) is 12.2 Å². The Morgan fingerprint density at radius 1 is 1.29 bits per heavy atom. The molecule has 0 aromatic heterocycles. The van der Waals surface area contributed by atoms with Crippen LogP contribution in [0.2, 0.25) is 0 Å². The molecule has 0 fully saturated rings. The number of fused-ring (bicyclic) bond motifs is 1. The summed E-state index contributed by atoms with van der Waals surface area (Å²) in [4.78, 5) is 0. The second kappa shape index (κ2) is 4.01. The Hall–Kier alpha value is -0.510. The number of nitrogens with zero attached hydrogens (tertiary/aromatic N) is 1. The van der Waals surface area contributed by atoms with Crippen LogP contribution < -0.4 is 4.31 Å². The van der Waals surface area contributed by atoms with E-state index in [0.29, 0.717) is 16.3 Å². The third-order valence-electron chi connectivity index (χ3n) is 2.51. The van der Waals surface area contributed by atoms with Crippen LogP contribution in [0.5, 0.6) is 0 Å². The highest BCUT2D eigenvalue weighted by Gasteiger charge is 2.51. The summed E-state index contributed by atoms with van der Waals surface area (Å²) in [6.07, 6.45) is 0.309. The molecule has 1 aromatic rings. The summed E-state index contributed by atoms with van der Waals surface area (Å²) >= 11 is 1.98. The molecule has 0 saturated heterocycles. The van der Waals surface area contributed by atoms with Crippen molar-refractivity contribution >= 4 is 38.3 Å². The minimum absolute atomic E-state index is 0.134. The maximum atomic E-state index is 12.4. The Kier molecular flexibility index (Phi) is 3.05. The highest BCUT2D eigenvalue weighted by molar-refractivity contribution is 14.1. The summed E-state index contributed by atoms with van der Waals surface area (Å²) in [6.45, 7) is -0.156. The largest absolute Gasteiger partial charge is 0.516 e. The molecule has 0 radical (unpaired) electrons. The third kappa shape index (κ3) is 2.01. The van der Waals surface area contributed by atoms with E-state index in [2.05, 4.69) is 0 Å². The molecule has 0 spiro atoms. The molecule has 94 valence electrons. The first-order valence-electron chi connectivity index (χ1n) is 4.61. The van der Waals surface area contributed by atoms with Gasteiger partial charge in [0.2, 0.25) is 0 Å². The van der Waals surface area contributed by atoms with Gasteiger partial charge < -0.3 is 0 Å². The molecule has 1 heterocycles. The molecule has 1 aliphatic rings. The monoisotopic (exact) mass is 377 g/mol. The second-order valence-corrected chi connectivity index (χ2v) is 6.53. The van der Waals surface area contributed by atoms with Crippen LogP contribution in [-0.2, 0) is 16.4 Å². The number of rotatable bonds is 1. The van der Waals surface area contributed by atoms with E-state index in [9.17, 15) is 21.6 Å². The molecule has 0 atom stereocenters. The van der Waals surface area contributed by atoms with Crippen LogP contribution in [0.4, 0.5) is 18.9 Å². The first-order chi connectivity index (χ1) is 7.75. The van der Waals surface area contributed by atoms with Crippen LogP contribution in [0.15, 0.2) is 18.2 Å². The highest BCUT2D eigenvalue weighted by atomic mass is 127. The topological polar surface area (TPSA) is 37.4 Å². The molecule has 3 nitrogen and oxygen atoms in total. The van der Waals surface area contributed by atoms with Gasteiger partial charge >= 0.3 is 15.5 Å². The maximum absolute atomic E-state index is 12.4. The lowest BCUT2D eigenvalue weighted by atomic mass is 10.2. The van der Waals surface area contributed by atoms with Gasteiger partial charge in [-0.25, -0.2) is 0 Å². The number of benzene rings is 1. The van der Waals surface area contributed by atoms with Gasteiger partial charge in [-0.2, -0.15) is 21.6 Å². The first-order valence-corrected chi connectivity index (χ1v) is 7.13. The molecule has 0 saturated carbocycles. The van der Waals surface area contributed by atoms with Gasteiger partial charge in [0.05, 0.1) is 5.69 Å². The Labute approximate surface area is 110 Å². The lowest BCUT2D eigenvalue weighted by molar-refractivity contribution is -0.0437. The van der Waals surface area contributed by atoms with E-state index in [1.807, 2.05) is 22.6 Å². The molecule has 1 aliphatic heterocycles. The Morgan fingerprint density at radius 3 is 2.53 bits per heavy atom. The van der Waals surface area contributed by atoms with E-state index < -0.39 is 15.5 Å². The molecule has 8 heteroatoms. The van der Waals surface area contributed by atoms with Crippen molar-refractivity contribution in [2.75, 3.05) is 10.8 Å². The van der Waals surface area contributed by atoms with E-state index in [1.54, 1.807) is 12.1 Å². The number of halogens is 4. The average molecular weight is 377 g/mol. The number of alkyl halides is 3. The number of hydrogen-bond donors (Lipinski definition) is 0. The summed E-state index contributed by atoms with van der Waals surface area (Å²) < 4.78 is 61.2. The molecule has 0 bridgehead atoms. The van der Waals surface area contributed by atoms with E-state index in [0.717, 1.165) is 3.57 Å². The van der Waals surface area contributed by atoms with Crippen LogP contribution in [0.25, 0.3) is 0 Å². The molecule has 0 N–H and O–H groups in total. The molecule has 0 unspecified atom stereocenters. The van der Waals surface area contributed by atoms with Crippen molar-refractivity contribution in [1.82, 2.24) is 0 Å². The molecular weight excluding hydrogens is 370 g/mol. The summed E-state index contributed by atoms with van der Waals surface area (Å²) in [7, 11) is -5.28. The van der Waals surface area contributed by atoms with E-state index >= 15 is 0 Å². The predicted octanol–water partition coefficient (Wildman–Crippen LogP) is 2.50. The van der Waals surface area contributed by atoms with Gasteiger partial charge in [-0.05, 0) is 46.7 Å². The van der Waals surface area contributed by atoms with E-state index in [4.69, 9.17) is 0 Å². The lowest BCUT2D eigenvalue weighted by Crippen LogP contribution is -2.39. The predicted molar refractivity (Wildman–Crippen MR) is 65.2 cm³/mol. The third-order valence-corrected chi connectivity index (χ3v) is 5.07. The smallest absolute Gasteiger partial charge is 0.262 e. The summed E-state index contributed by atoms with van der Waals surface area (Å²) in [6, 6.07) is 4.68. The van der Waals surface area contributed by atoms with Gasteiger partial charge in [-0.1, -0.05) is 6.07 Å². The molecule has 1 aromatic carbocycles. The number of sulfonamides is 1. The molecular formula is C9H7F3INO2S. The fourth-order valence-corrected chi connectivity index (χ4v) is 3.50. The number of hydrogen-bond acceptors (Lipinski definition) is 2. The summed E-state index contributed by atoms with van der Waals surface area (Å²) in [5, 5.41) is 0. The number of anilines is 1. The SMILES string of the molecule is O=S(=O)(N1CCc2c(I)cccc21)C(F)(F)F. The van der Waals surface area contributed by atoms with Gasteiger partial charge in [-0.15, -0.1) is 0 Å². The molecule has 17 heavy (non-hydrogen) atoms. The van der Waals surface area contributed by atoms with Crippen molar-refractivity contribution in [2.24, 2.45) is 0 Å². The summed E-state index contributed by atoms with van der Waals surface area (Å²) in [5.41, 5.74) is -4.47. The fourth-order valence-electron chi connectivity index (χ4n) is 1.74. The van der Waals surface area contributed by atoms with Gasteiger partial charge in [0.25, 0.3) is 0 Å². The van der Waals surface area contributed by atoms with Crippen LogP contribution >= 0.6 is 22.6 Å². The first kappa shape index (κ1) is 12.9. The van der Waals surface area contributed by atoms with Crippen molar-refractivity contribution in [1.29, 1.82) is 0 Å². The molecule has 2 rings (SSSR count). The Bertz CT molecular complexity index is 556. The van der Waals surface area contributed by atoms with Crippen molar-refractivity contribution in [3.63, 3.8) is 0 Å². The van der Waals surface area contributed by atoms with Crippen molar-refractivity contribution in [2.45, 2.75) is 11.9 Å². The zero-order valence-corrected chi connectivity index (χ0v) is 11.3. The maximum Gasteiger partial charge on any atom is 0.516 e. The van der Waals surface area contributed by atoms with E-state index in [1.165, 1.54) is 6.07 Å². The van der Waals surface area contributed by atoms with Crippen LogP contribution in [0.3, 0.4) is 0 Å². The van der Waals surface area contributed by atoms with Crippen LogP contribution in [-0.4, -0.2) is 20.5 Å². The van der Waals surface area contributed by atoms with Crippen LogP contribution in [0, 0.1) is 3.57 Å².